The molecule has 5 nitrogen and oxygen atoms in total. The maximum absolute atomic E-state index is 9.45. The summed E-state index contributed by atoms with van der Waals surface area (Å²) in [5.41, 5.74) is 2.47. The molecule has 0 unspecified atom stereocenters. The Morgan fingerprint density at radius 1 is 1.24 bits per heavy atom. The molecule has 0 saturated heterocycles. The number of aliphatic imine (C=N–C) groups is 1. The van der Waals surface area contributed by atoms with Crippen LogP contribution in [0.3, 0.4) is 0 Å². The van der Waals surface area contributed by atoms with Crippen molar-refractivity contribution in [1.82, 2.24) is 15.6 Å². The van der Waals surface area contributed by atoms with Gasteiger partial charge in [-0.2, -0.15) is 0 Å². The quantitative estimate of drug-likeness (QED) is 0.500. The molecule has 1 aliphatic carbocycles. The molecule has 1 saturated carbocycles. The minimum absolute atomic E-state index is 0.191. The molecule has 0 atom stereocenters. The molecular weight excluding hydrogens is 312 g/mol. The Bertz CT molecular complexity index is 515. The van der Waals surface area contributed by atoms with Crippen LogP contribution in [0.25, 0.3) is 0 Å². The summed E-state index contributed by atoms with van der Waals surface area (Å²) in [6, 6.07) is 4.18. The lowest BCUT2D eigenvalue weighted by Crippen LogP contribution is -2.40. The highest BCUT2D eigenvalue weighted by molar-refractivity contribution is 5.79. The van der Waals surface area contributed by atoms with Crippen molar-refractivity contribution in [2.24, 2.45) is 10.4 Å². The Morgan fingerprint density at radius 2 is 2.04 bits per heavy atom. The van der Waals surface area contributed by atoms with Gasteiger partial charge in [0.25, 0.3) is 0 Å². The lowest BCUT2D eigenvalue weighted by Gasteiger charge is -2.35. The second-order valence-corrected chi connectivity index (χ2v) is 7.21. The Kier molecular flexibility index (Phi) is 8.19. The van der Waals surface area contributed by atoms with E-state index in [1.54, 1.807) is 0 Å². The highest BCUT2D eigenvalue weighted by atomic mass is 16.3. The van der Waals surface area contributed by atoms with Crippen LogP contribution in [-0.4, -0.2) is 42.3 Å². The zero-order chi connectivity index (χ0) is 18.0. The number of nitrogens with zero attached hydrogens (tertiary/aromatic N) is 2. The van der Waals surface area contributed by atoms with E-state index in [0.29, 0.717) is 0 Å². The van der Waals surface area contributed by atoms with Crippen LogP contribution in [0.5, 0.6) is 0 Å². The molecule has 25 heavy (non-hydrogen) atoms. The van der Waals surface area contributed by atoms with Gasteiger partial charge in [0, 0.05) is 38.1 Å². The van der Waals surface area contributed by atoms with E-state index in [4.69, 9.17) is 4.99 Å². The van der Waals surface area contributed by atoms with Crippen LogP contribution >= 0.6 is 0 Å². The largest absolute Gasteiger partial charge is 0.396 e. The van der Waals surface area contributed by atoms with Crippen LogP contribution in [0.4, 0.5) is 0 Å². The predicted octanol–water partition coefficient (Wildman–Crippen LogP) is 2.82. The van der Waals surface area contributed by atoms with Crippen molar-refractivity contribution in [3.05, 3.63) is 29.6 Å². The van der Waals surface area contributed by atoms with Gasteiger partial charge in [0.1, 0.15) is 0 Å². The van der Waals surface area contributed by atoms with E-state index in [1.807, 2.05) is 13.1 Å². The molecule has 0 aliphatic heterocycles. The van der Waals surface area contributed by atoms with Crippen LogP contribution in [-0.2, 0) is 6.42 Å². The maximum atomic E-state index is 9.45. The van der Waals surface area contributed by atoms with Crippen molar-refractivity contribution < 1.29 is 5.11 Å². The van der Waals surface area contributed by atoms with E-state index in [9.17, 15) is 5.11 Å². The normalized spacial score (nSPS) is 17.3. The van der Waals surface area contributed by atoms with Gasteiger partial charge in [-0.1, -0.05) is 25.3 Å². The minimum atomic E-state index is 0.191. The lowest BCUT2D eigenvalue weighted by atomic mass is 9.72. The topological polar surface area (TPSA) is 69.5 Å². The molecule has 1 fully saturated rings. The number of guanidine groups is 1. The number of rotatable bonds is 8. The number of hydrogen-bond donors (Lipinski definition) is 3. The summed E-state index contributed by atoms with van der Waals surface area (Å²) in [5, 5.41) is 16.2. The molecule has 1 aromatic heterocycles. The molecule has 1 aliphatic rings. The van der Waals surface area contributed by atoms with Crippen molar-refractivity contribution in [3.63, 3.8) is 0 Å². The Balaban J connectivity index is 1.89. The zero-order valence-corrected chi connectivity index (χ0v) is 15.9. The number of nitrogens with one attached hydrogen (secondary N) is 2. The first kappa shape index (κ1) is 19.7. The van der Waals surface area contributed by atoms with Crippen LogP contribution in [0.15, 0.2) is 23.3 Å². The summed E-state index contributed by atoms with van der Waals surface area (Å²) >= 11 is 0. The number of aromatic nitrogens is 1. The summed E-state index contributed by atoms with van der Waals surface area (Å²) in [6.45, 7) is 6.85. The molecule has 0 amide bonds. The third kappa shape index (κ3) is 6.65. The smallest absolute Gasteiger partial charge is 0.191 e. The number of aliphatic hydroxyl groups excluding tert-OH is 1. The molecule has 0 aromatic carbocycles. The summed E-state index contributed by atoms with van der Waals surface area (Å²) < 4.78 is 0. The first-order chi connectivity index (χ1) is 12.2. The lowest BCUT2D eigenvalue weighted by molar-refractivity contribution is 0.137. The fourth-order valence-corrected chi connectivity index (χ4v) is 3.59. The molecule has 0 bridgehead atoms. The predicted molar refractivity (Wildman–Crippen MR) is 104 cm³/mol. The first-order valence-corrected chi connectivity index (χ1v) is 9.72. The van der Waals surface area contributed by atoms with E-state index in [-0.39, 0.29) is 12.0 Å². The fraction of sp³-hybridized carbons (Fsp3) is 0.700. The van der Waals surface area contributed by atoms with Crippen LogP contribution in [0.1, 0.15) is 56.7 Å². The molecule has 140 valence electrons. The molecule has 2 rings (SSSR count). The Hall–Kier alpha value is -1.62. The summed E-state index contributed by atoms with van der Waals surface area (Å²) in [6.07, 6.45) is 9.96. The molecule has 5 heteroatoms. The van der Waals surface area contributed by atoms with Gasteiger partial charge in [-0.25, -0.2) is 0 Å². The Labute approximate surface area is 152 Å². The van der Waals surface area contributed by atoms with E-state index in [0.717, 1.165) is 44.1 Å². The van der Waals surface area contributed by atoms with Crippen molar-refractivity contribution >= 4 is 5.96 Å². The van der Waals surface area contributed by atoms with Crippen LogP contribution in [0.2, 0.25) is 0 Å². The fourth-order valence-electron chi connectivity index (χ4n) is 3.59. The highest BCUT2D eigenvalue weighted by Gasteiger charge is 2.31. The molecular formula is C20H34N4O. The van der Waals surface area contributed by atoms with Gasteiger partial charge < -0.3 is 15.7 Å². The van der Waals surface area contributed by atoms with Crippen molar-refractivity contribution in [2.75, 3.05) is 26.2 Å². The molecule has 0 radical (unpaired) electrons. The zero-order valence-electron chi connectivity index (χ0n) is 15.9. The summed E-state index contributed by atoms with van der Waals surface area (Å²) in [4.78, 5) is 9.18. The number of pyridine rings is 1. The summed E-state index contributed by atoms with van der Waals surface area (Å²) in [5.74, 6) is 0.880. The van der Waals surface area contributed by atoms with E-state index < -0.39 is 0 Å². The second kappa shape index (κ2) is 10.4. The van der Waals surface area contributed by atoms with Crippen LogP contribution in [0, 0.1) is 12.3 Å². The molecule has 1 heterocycles. The van der Waals surface area contributed by atoms with Gasteiger partial charge >= 0.3 is 0 Å². The monoisotopic (exact) mass is 346 g/mol. The number of hydrogen-bond acceptors (Lipinski definition) is 3. The highest BCUT2D eigenvalue weighted by Crippen LogP contribution is 2.39. The number of aryl methyl sites for hydroxylation is 1. The average Bonchev–Trinajstić information content (AvgIpc) is 2.62. The van der Waals surface area contributed by atoms with Gasteiger partial charge in [0.05, 0.1) is 0 Å². The maximum Gasteiger partial charge on any atom is 0.191 e. The SMILES string of the molecule is CCNC(=NCC1(CCO)CCCCC1)NCCc1ccc(C)nc1. The van der Waals surface area contributed by atoms with Crippen molar-refractivity contribution in [1.29, 1.82) is 0 Å². The van der Waals surface area contributed by atoms with E-state index >= 15 is 0 Å². The Morgan fingerprint density at radius 3 is 2.68 bits per heavy atom. The second-order valence-electron chi connectivity index (χ2n) is 7.21. The minimum Gasteiger partial charge on any atom is -0.396 e. The third-order valence-electron chi connectivity index (χ3n) is 5.15. The number of aliphatic hydroxyl groups is 1. The average molecular weight is 347 g/mol. The first-order valence-electron chi connectivity index (χ1n) is 9.72. The van der Waals surface area contributed by atoms with Crippen molar-refractivity contribution in [2.45, 2.75) is 58.8 Å². The molecule has 1 aromatic rings. The van der Waals surface area contributed by atoms with E-state index in [1.165, 1.54) is 37.7 Å². The van der Waals surface area contributed by atoms with Gasteiger partial charge in [0.2, 0.25) is 0 Å². The van der Waals surface area contributed by atoms with Gasteiger partial charge in [-0.15, -0.1) is 0 Å². The van der Waals surface area contributed by atoms with E-state index in [2.05, 4.69) is 34.7 Å². The van der Waals surface area contributed by atoms with Gasteiger partial charge in [-0.05, 0) is 56.6 Å². The van der Waals surface area contributed by atoms with Gasteiger partial charge in [0.15, 0.2) is 5.96 Å². The standard InChI is InChI=1S/C20H34N4O/c1-3-21-19(22-13-9-18-8-7-17(2)23-15-18)24-16-20(12-14-25)10-5-4-6-11-20/h7-8,15,25H,3-6,9-14,16H2,1-2H3,(H2,21,22,24). The van der Waals surface area contributed by atoms with Crippen LogP contribution < -0.4 is 10.6 Å². The summed E-state index contributed by atoms with van der Waals surface area (Å²) in [7, 11) is 0. The molecule has 3 N–H and O–H groups in total. The van der Waals surface area contributed by atoms with Gasteiger partial charge in [-0.3, -0.25) is 9.98 Å². The third-order valence-corrected chi connectivity index (χ3v) is 5.15. The molecule has 0 spiro atoms. The van der Waals surface area contributed by atoms with Crippen molar-refractivity contribution in [3.8, 4) is 0 Å².